The number of ether oxygens (including phenoxy) is 1. The smallest absolute Gasteiger partial charge is 0.260 e. The molecule has 1 saturated heterocycles. The molecule has 1 heterocycles. The lowest BCUT2D eigenvalue weighted by Crippen LogP contribution is -2.39. The summed E-state index contributed by atoms with van der Waals surface area (Å²) in [4.78, 5) is 28.7. The number of carbonyl (C=O) groups excluding carboxylic acids is 2. The fourth-order valence-corrected chi connectivity index (χ4v) is 3.56. The molecule has 2 fully saturated rings. The van der Waals surface area contributed by atoms with Crippen molar-refractivity contribution in [2.24, 2.45) is 5.92 Å². The van der Waals surface area contributed by atoms with Crippen LogP contribution in [0.15, 0.2) is 18.2 Å². The molecule has 0 radical (unpaired) electrons. The van der Waals surface area contributed by atoms with Gasteiger partial charge in [0, 0.05) is 32.1 Å². The molecular formula is C22H32N2O3. The molecule has 1 saturated carbocycles. The van der Waals surface area contributed by atoms with Gasteiger partial charge in [0.2, 0.25) is 5.91 Å². The van der Waals surface area contributed by atoms with Crippen LogP contribution in [0.3, 0.4) is 0 Å². The van der Waals surface area contributed by atoms with Crippen molar-refractivity contribution in [2.75, 3.05) is 32.8 Å². The molecule has 2 aliphatic rings. The summed E-state index contributed by atoms with van der Waals surface area (Å²) in [6.45, 7) is 11.2. The van der Waals surface area contributed by atoms with Crippen LogP contribution in [-0.4, -0.2) is 54.4 Å². The predicted molar refractivity (Wildman–Crippen MR) is 106 cm³/mol. The van der Waals surface area contributed by atoms with Crippen molar-refractivity contribution in [3.63, 3.8) is 0 Å². The Morgan fingerprint density at radius 3 is 2.41 bits per heavy atom. The van der Waals surface area contributed by atoms with E-state index >= 15 is 0 Å². The zero-order valence-corrected chi connectivity index (χ0v) is 17.1. The van der Waals surface area contributed by atoms with Gasteiger partial charge in [0.25, 0.3) is 5.91 Å². The van der Waals surface area contributed by atoms with Crippen LogP contribution in [0.2, 0.25) is 0 Å². The van der Waals surface area contributed by atoms with E-state index in [4.69, 9.17) is 4.74 Å². The van der Waals surface area contributed by atoms with Gasteiger partial charge in [-0.25, -0.2) is 0 Å². The zero-order chi connectivity index (χ0) is 19.6. The van der Waals surface area contributed by atoms with Gasteiger partial charge in [-0.3, -0.25) is 9.59 Å². The average molecular weight is 373 g/mol. The van der Waals surface area contributed by atoms with Gasteiger partial charge in [0.1, 0.15) is 5.75 Å². The monoisotopic (exact) mass is 372 g/mol. The van der Waals surface area contributed by atoms with Crippen molar-refractivity contribution < 1.29 is 14.3 Å². The second-order valence-electron chi connectivity index (χ2n) is 8.87. The molecule has 1 aliphatic heterocycles. The van der Waals surface area contributed by atoms with E-state index in [1.54, 1.807) is 0 Å². The first-order valence-corrected chi connectivity index (χ1v) is 10.1. The Morgan fingerprint density at radius 2 is 1.74 bits per heavy atom. The average Bonchev–Trinajstić information content (AvgIpc) is 3.45. The SMILES string of the molecule is Cc1ccc(OCC(=O)N2CCCN(C(=O)C3CC3)CC2)c(C(C)(C)C)c1. The summed E-state index contributed by atoms with van der Waals surface area (Å²) in [5.41, 5.74) is 2.26. The molecule has 0 bridgehead atoms. The minimum Gasteiger partial charge on any atom is -0.483 e. The van der Waals surface area contributed by atoms with Gasteiger partial charge < -0.3 is 14.5 Å². The molecule has 1 aromatic carbocycles. The molecule has 1 aromatic rings. The minimum atomic E-state index is -0.0450. The lowest BCUT2D eigenvalue weighted by molar-refractivity contribution is -0.135. The van der Waals surface area contributed by atoms with Gasteiger partial charge in [-0.2, -0.15) is 0 Å². The summed E-state index contributed by atoms with van der Waals surface area (Å²) in [5.74, 6) is 1.29. The summed E-state index contributed by atoms with van der Waals surface area (Å²) in [5, 5.41) is 0. The Hall–Kier alpha value is -2.04. The first kappa shape index (κ1) is 19.7. The zero-order valence-electron chi connectivity index (χ0n) is 17.1. The summed E-state index contributed by atoms with van der Waals surface area (Å²) in [6.07, 6.45) is 2.89. The van der Waals surface area contributed by atoms with Crippen LogP contribution in [0.25, 0.3) is 0 Å². The van der Waals surface area contributed by atoms with Crippen LogP contribution in [0, 0.1) is 12.8 Å². The number of rotatable bonds is 4. The maximum Gasteiger partial charge on any atom is 0.260 e. The maximum absolute atomic E-state index is 12.7. The van der Waals surface area contributed by atoms with E-state index < -0.39 is 0 Å². The third kappa shape index (κ3) is 5.02. The van der Waals surface area contributed by atoms with Crippen LogP contribution in [-0.2, 0) is 15.0 Å². The van der Waals surface area contributed by atoms with Crippen LogP contribution >= 0.6 is 0 Å². The molecule has 5 nitrogen and oxygen atoms in total. The first-order valence-electron chi connectivity index (χ1n) is 10.1. The number of hydrogen-bond acceptors (Lipinski definition) is 3. The molecule has 0 unspecified atom stereocenters. The third-order valence-corrected chi connectivity index (χ3v) is 5.38. The number of nitrogens with zero attached hydrogens (tertiary/aromatic N) is 2. The lowest BCUT2D eigenvalue weighted by Gasteiger charge is -2.25. The summed E-state index contributed by atoms with van der Waals surface area (Å²) in [6, 6.07) is 6.11. The van der Waals surface area contributed by atoms with Crippen LogP contribution in [0.1, 0.15) is 51.2 Å². The molecule has 3 rings (SSSR count). The van der Waals surface area contributed by atoms with Crippen molar-refractivity contribution in [3.05, 3.63) is 29.3 Å². The third-order valence-electron chi connectivity index (χ3n) is 5.38. The van der Waals surface area contributed by atoms with E-state index in [0.717, 1.165) is 37.1 Å². The quantitative estimate of drug-likeness (QED) is 0.816. The number of carbonyl (C=O) groups is 2. The highest BCUT2D eigenvalue weighted by Gasteiger charge is 2.34. The van der Waals surface area contributed by atoms with E-state index in [1.807, 2.05) is 21.9 Å². The Bertz CT molecular complexity index is 704. The molecule has 0 spiro atoms. The Morgan fingerprint density at radius 1 is 1.07 bits per heavy atom. The van der Waals surface area contributed by atoms with Crippen molar-refractivity contribution >= 4 is 11.8 Å². The number of hydrogen-bond donors (Lipinski definition) is 0. The fraction of sp³-hybridized carbons (Fsp3) is 0.636. The first-order chi connectivity index (χ1) is 12.8. The molecule has 0 N–H and O–H groups in total. The second-order valence-corrected chi connectivity index (χ2v) is 8.87. The van der Waals surface area contributed by atoms with Crippen molar-refractivity contribution in [1.29, 1.82) is 0 Å². The highest BCUT2D eigenvalue weighted by Crippen LogP contribution is 2.32. The molecule has 0 atom stereocenters. The summed E-state index contributed by atoms with van der Waals surface area (Å²) < 4.78 is 5.93. The highest BCUT2D eigenvalue weighted by molar-refractivity contribution is 5.81. The van der Waals surface area contributed by atoms with Gasteiger partial charge >= 0.3 is 0 Å². The van der Waals surface area contributed by atoms with E-state index in [-0.39, 0.29) is 29.8 Å². The van der Waals surface area contributed by atoms with E-state index in [0.29, 0.717) is 19.6 Å². The Kier molecular flexibility index (Phi) is 5.78. The highest BCUT2D eigenvalue weighted by atomic mass is 16.5. The number of aryl methyl sites for hydroxylation is 1. The molecular weight excluding hydrogens is 340 g/mol. The van der Waals surface area contributed by atoms with Gasteiger partial charge in [0.15, 0.2) is 6.61 Å². The molecule has 5 heteroatoms. The predicted octanol–water partition coefficient (Wildman–Crippen LogP) is 3.14. The number of amides is 2. The van der Waals surface area contributed by atoms with Gasteiger partial charge in [0.05, 0.1) is 0 Å². The molecule has 148 valence electrons. The Labute approximate surface area is 162 Å². The van der Waals surface area contributed by atoms with E-state index in [2.05, 4.69) is 33.8 Å². The Balaban J connectivity index is 1.57. The standard InChI is InChI=1S/C22H32N2O3/c1-16-6-9-19(18(14-16)22(2,3)4)27-15-20(25)23-10-5-11-24(13-12-23)21(26)17-7-8-17/h6,9,14,17H,5,7-8,10-13,15H2,1-4H3. The van der Waals surface area contributed by atoms with Crippen molar-refractivity contribution in [2.45, 2.75) is 52.4 Å². The van der Waals surface area contributed by atoms with E-state index in [9.17, 15) is 9.59 Å². The number of benzene rings is 1. The van der Waals surface area contributed by atoms with Crippen molar-refractivity contribution in [3.8, 4) is 5.75 Å². The largest absolute Gasteiger partial charge is 0.483 e. The second kappa shape index (κ2) is 7.91. The minimum absolute atomic E-state index is 0.00356. The molecule has 1 aliphatic carbocycles. The summed E-state index contributed by atoms with van der Waals surface area (Å²) in [7, 11) is 0. The van der Waals surface area contributed by atoms with E-state index in [1.165, 1.54) is 5.56 Å². The fourth-order valence-electron chi connectivity index (χ4n) is 3.56. The van der Waals surface area contributed by atoms with Gasteiger partial charge in [-0.1, -0.05) is 38.5 Å². The topological polar surface area (TPSA) is 49.9 Å². The molecule has 0 aromatic heterocycles. The van der Waals surface area contributed by atoms with Gasteiger partial charge in [-0.05, 0) is 43.2 Å². The lowest BCUT2D eigenvalue weighted by atomic mass is 9.85. The molecule has 27 heavy (non-hydrogen) atoms. The van der Waals surface area contributed by atoms with Crippen LogP contribution in [0.5, 0.6) is 5.75 Å². The maximum atomic E-state index is 12.7. The van der Waals surface area contributed by atoms with Crippen molar-refractivity contribution in [1.82, 2.24) is 9.80 Å². The van der Waals surface area contributed by atoms with Crippen LogP contribution in [0.4, 0.5) is 0 Å². The van der Waals surface area contributed by atoms with Crippen LogP contribution < -0.4 is 4.74 Å². The normalized spacial score (nSPS) is 18.2. The molecule has 2 amide bonds. The van der Waals surface area contributed by atoms with Gasteiger partial charge in [-0.15, -0.1) is 0 Å². The summed E-state index contributed by atoms with van der Waals surface area (Å²) >= 11 is 0.